The van der Waals surface area contributed by atoms with Gasteiger partial charge in [-0.25, -0.2) is 4.39 Å². The fourth-order valence-electron chi connectivity index (χ4n) is 3.35. The highest BCUT2D eigenvalue weighted by Gasteiger charge is 2.17. The number of rotatable bonds is 8. The Kier molecular flexibility index (Phi) is 6.27. The Bertz CT molecular complexity index is 1420. The standard InChI is InChI=1S/C25H19FO8/c1-13(27)22-9-16(29)24-18(5-3-7-20(24)33-22)31-11-15(26)12-32-19-6-4-8-21-25(19)17(30)10-23(34-21)14(2)28/h3-10,15H,11-12H2,1-2H3/i26-1. The summed E-state index contributed by atoms with van der Waals surface area (Å²) < 4.78 is 36.4. The van der Waals surface area contributed by atoms with Gasteiger partial charge in [0.05, 0.1) is 0 Å². The Morgan fingerprint density at radius 2 is 1.21 bits per heavy atom. The smallest absolute Gasteiger partial charge is 0.197 e. The van der Waals surface area contributed by atoms with E-state index >= 15 is 0 Å². The molecule has 0 aliphatic carbocycles. The van der Waals surface area contributed by atoms with Gasteiger partial charge in [-0.2, -0.15) is 0 Å². The van der Waals surface area contributed by atoms with E-state index in [1.165, 1.54) is 38.1 Å². The van der Waals surface area contributed by atoms with Gasteiger partial charge in [0.1, 0.15) is 46.7 Å². The van der Waals surface area contributed by atoms with Gasteiger partial charge in [-0.15, -0.1) is 0 Å². The maximum atomic E-state index is 14.6. The summed E-state index contributed by atoms with van der Waals surface area (Å²) in [5.74, 6) is -0.751. The number of carbonyl (C=O) groups is 2. The lowest BCUT2D eigenvalue weighted by Gasteiger charge is -2.14. The summed E-state index contributed by atoms with van der Waals surface area (Å²) in [6, 6.07) is 11.2. The van der Waals surface area contributed by atoms with Crippen LogP contribution in [-0.2, 0) is 0 Å². The van der Waals surface area contributed by atoms with Crippen LogP contribution in [0.25, 0.3) is 21.9 Å². The quantitative estimate of drug-likeness (QED) is 0.358. The minimum absolute atomic E-state index is 0.0820. The molecule has 0 saturated heterocycles. The van der Waals surface area contributed by atoms with Crippen molar-refractivity contribution in [2.45, 2.75) is 20.0 Å². The third kappa shape index (κ3) is 4.59. The van der Waals surface area contributed by atoms with E-state index in [1.54, 1.807) is 12.1 Å². The molecule has 2 heterocycles. The van der Waals surface area contributed by atoms with Crippen LogP contribution in [0.2, 0.25) is 0 Å². The van der Waals surface area contributed by atoms with Crippen LogP contribution in [0.5, 0.6) is 11.5 Å². The summed E-state index contributed by atoms with van der Waals surface area (Å²) >= 11 is 0. The molecule has 0 atom stereocenters. The van der Waals surface area contributed by atoms with Crippen LogP contribution in [0.3, 0.4) is 0 Å². The Morgan fingerprint density at radius 3 is 1.59 bits per heavy atom. The molecule has 4 rings (SSSR count). The first-order chi connectivity index (χ1) is 16.2. The Morgan fingerprint density at radius 1 is 0.794 bits per heavy atom. The van der Waals surface area contributed by atoms with Gasteiger partial charge in [0, 0.05) is 26.0 Å². The van der Waals surface area contributed by atoms with E-state index in [4.69, 9.17) is 18.3 Å². The third-order valence-electron chi connectivity index (χ3n) is 4.97. The largest absolute Gasteiger partial charge is 0.489 e. The summed E-state index contributed by atoms with van der Waals surface area (Å²) in [4.78, 5) is 47.9. The van der Waals surface area contributed by atoms with Crippen molar-refractivity contribution in [2.75, 3.05) is 13.2 Å². The van der Waals surface area contributed by atoms with Crippen molar-refractivity contribution >= 4 is 33.5 Å². The molecule has 174 valence electrons. The average Bonchev–Trinajstić information content (AvgIpc) is 2.80. The number of ether oxygens (including phenoxy) is 2. The lowest BCUT2D eigenvalue weighted by molar-refractivity contribution is 0.0980. The zero-order chi connectivity index (χ0) is 24.4. The van der Waals surface area contributed by atoms with Crippen LogP contribution < -0.4 is 20.3 Å². The third-order valence-corrected chi connectivity index (χ3v) is 4.97. The van der Waals surface area contributed by atoms with Gasteiger partial charge in [-0.05, 0) is 24.3 Å². The van der Waals surface area contributed by atoms with E-state index < -0.39 is 41.8 Å². The van der Waals surface area contributed by atoms with Gasteiger partial charge in [0.25, 0.3) is 0 Å². The second kappa shape index (κ2) is 9.30. The number of Topliss-reactive ketones (excluding diaryl/α,β-unsaturated/α-hetero) is 2. The molecule has 0 N–H and O–H groups in total. The molecule has 9 heteroatoms. The van der Waals surface area contributed by atoms with Gasteiger partial charge < -0.3 is 18.3 Å². The van der Waals surface area contributed by atoms with Crippen LogP contribution in [0.1, 0.15) is 35.0 Å². The van der Waals surface area contributed by atoms with E-state index in [-0.39, 0.29) is 45.0 Å². The monoisotopic (exact) mass is 465 g/mol. The van der Waals surface area contributed by atoms with Gasteiger partial charge in [-0.1, -0.05) is 12.1 Å². The predicted octanol–water partition coefficient (Wildman–Crippen LogP) is 4.10. The van der Waals surface area contributed by atoms with Gasteiger partial charge in [-0.3, -0.25) is 19.2 Å². The second-order valence-corrected chi connectivity index (χ2v) is 7.54. The molecule has 0 amide bonds. The van der Waals surface area contributed by atoms with Crippen LogP contribution in [-0.4, -0.2) is 31.0 Å². The first-order valence-electron chi connectivity index (χ1n) is 10.3. The molecule has 0 saturated carbocycles. The topological polar surface area (TPSA) is 113 Å². The highest BCUT2D eigenvalue weighted by Crippen LogP contribution is 2.25. The van der Waals surface area contributed by atoms with Crippen molar-refractivity contribution in [2.24, 2.45) is 0 Å². The molecule has 4 aromatic rings. The van der Waals surface area contributed by atoms with Gasteiger partial charge in [0.15, 0.2) is 40.1 Å². The van der Waals surface area contributed by atoms with Gasteiger partial charge >= 0.3 is 0 Å². The molecular formula is C25H19FO8. The molecule has 0 bridgehead atoms. The van der Waals surface area contributed by atoms with Crippen LogP contribution >= 0.6 is 0 Å². The number of fused-ring (bicyclic) bond motifs is 2. The number of hydrogen-bond acceptors (Lipinski definition) is 8. The highest BCUT2D eigenvalue weighted by atomic mass is 18.2. The van der Waals surface area contributed by atoms with Crippen LogP contribution in [0.4, 0.5) is 4.39 Å². The van der Waals surface area contributed by atoms with E-state index in [0.29, 0.717) is 0 Å². The molecular weight excluding hydrogens is 446 g/mol. The maximum absolute atomic E-state index is 14.6. The molecule has 0 aliphatic rings. The summed E-state index contributed by atoms with van der Waals surface area (Å²) in [5, 5.41) is 0.183. The summed E-state index contributed by atoms with van der Waals surface area (Å²) in [6.45, 7) is 1.67. The maximum Gasteiger partial charge on any atom is 0.197 e. The summed E-state index contributed by atoms with van der Waals surface area (Å²) in [5.41, 5.74) is -0.675. The Balaban J connectivity index is 1.49. The van der Waals surface area contributed by atoms with Crippen molar-refractivity contribution in [3.8, 4) is 11.5 Å². The zero-order valence-electron chi connectivity index (χ0n) is 18.3. The van der Waals surface area contributed by atoms with E-state index in [9.17, 15) is 23.6 Å². The lowest BCUT2D eigenvalue weighted by atomic mass is 10.2. The number of alkyl halides is 1. The molecule has 0 spiro atoms. The first kappa shape index (κ1) is 22.9. The highest BCUT2D eigenvalue weighted by molar-refractivity contribution is 5.94. The van der Waals surface area contributed by atoms with E-state index in [0.717, 1.165) is 12.1 Å². The molecule has 34 heavy (non-hydrogen) atoms. The van der Waals surface area contributed by atoms with Crippen molar-refractivity contribution in [1.82, 2.24) is 0 Å². The SMILES string of the molecule is CC(=O)c1cc(=O)c2c(OCC([18F])COc3cccc4oc(C(C)=O)cc(=O)c34)cccc2o1. The normalized spacial score (nSPS) is 11.2. The first-order valence-corrected chi connectivity index (χ1v) is 10.3. The summed E-state index contributed by atoms with van der Waals surface area (Å²) in [6.07, 6.45) is -1.61. The second-order valence-electron chi connectivity index (χ2n) is 7.54. The molecule has 0 unspecified atom stereocenters. The number of halogens is 1. The molecule has 2 aromatic heterocycles. The molecule has 0 fully saturated rings. The van der Waals surface area contributed by atoms with Crippen LogP contribution in [0.15, 0.2) is 67.0 Å². The van der Waals surface area contributed by atoms with Gasteiger partial charge in [0.2, 0.25) is 0 Å². The minimum atomic E-state index is -1.61. The molecule has 0 radical (unpaired) electrons. The molecule has 2 aromatic carbocycles. The van der Waals surface area contributed by atoms with Crippen molar-refractivity contribution < 1.29 is 32.3 Å². The number of benzene rings is 2. The molecule has 0 aliphatic heterocycles. The van der Waals surface area contributed by atoms with E-state index in [1.807, 2.05) is 0 Å². The number of ketones is 2. The van der Waals surface area contributed by atoms with Crippen molar-refractivity contribution in [1.29, 1.82) is 0 Å². The Hall–Kier alpha value is -4.27. The van der Waals surface area contributed by atoms with Crippen molar-refractivity contribution in [3.05, 3.63) is 80.5 Å². The minimum Gasteiger partial charge on any atom is -0.489 e. The van der Waals surface area contributed by atoms with E-state index in [2.05, 4.69) is 0 Å². The lowest BCUT2D eigenvalue weighted by Crippen LogP contribution is -2.22. The zero-order valence-corrected chi connectivity index (χ0v) is 18.3. The molecule has 8 nitrogen and oxygen atoms in total. The predicted molar refractivity (Wildman–Crippen MR) is 121 cm³/mol. The Labute approximate surface area is 191 Å². The fraction of sp³-hybridized carbons (Fsp3) is 0.200. The van der Waals surface area contributed by atoms with Crippen LogP contribution in [0, 0.1) is 0 Å². The number of hydrogen-bond donors (Lipinski definition) is 0. The average molecular weight is 465 g/mol. The summed E-state index contributed by atoms with van der Waals surface area (Å²) in [7, 11) is 0. The number of carbonyl (C=O) groups excluding carboxylic acids is 2. The fourth-order valence-corrected chi connectivity index (χ4v) is 3.35. The van der Waals surface area contributed by atoms with Crippen molar-refractivity contribution in [3.63, 3.8) is 0 Å².